The summed E-state index contributed by atoms with van der Waals surface area (Å²) in [6.45, 7) is 2.83. The molecule has 0 aliphatic heterocycles. The molecule has 142 valence electrons. The van der Waals surface area contributed by atoms with Gasteiger partial charge in [0.1, 0.15) is 5.75 Å². The number of hydrogen-bond donors (Lipinski definition) is 2. The Morgan fingerprint density at radius 2 is 1.44 bits per heavy atom. The quantitative estimate of drug-likeness (QED) is 0.426. The zero-order valence-electron chi connectivity index (χ0n) is 15.1. The van der Waals surface area contributed by atoms with E-state index in [0.29, 0.717) is 12.3 Å². The number of carbonyl (C=O) groups is 2. The normalized spacial score (nSPS) is 10.9. The summed E-state index contributed by atoms with van der Waals surface area (Å²) in [5, 5.41) is 26.1. The minimum atomic E-state index is -1.23. The lowest BCUT2D eigenvalue weighted by Crippen LogP contribution is -2.01. The number of carboxylic acids is 2. The Morgan fingerprint density at radius 3 is 2.00 bits per heavy atom. The standard InChI is InChI=1S/C20H22N2O5/c1-2-3-4-5-10-27-18-8-6-16(7-9-18)21-22-17-12-14(19(23)24)11-15(13-17)20(25)26/h6-9,11-13H,2-5,10H2,1H3,(H,23,24)(H,25,26). The van der Waals surface area contributed by atoms with Gasteiger partial charge in [-0.15, -0.1) is 0 Å². The smallest absolute Gasteiger partial charge is 0.335 e. The second-order valence-electron chi connectivity index (χ2n) is 5.98. The predicted molar refractivity (Wildman–Crippen MR) is 101 cm³/mol. The molecule has 27 heavy (non-hydrogen) atoms. The Hall–Kier alpha value is -3.22. The van der Waals surface area contributed by atoms with Gasteiger partial charge in [0.2, 0.25) is 0 Å². The maximum absolute atomic E-state index is 11.1. The fourth-order valence-electron chi connectivity index (χ4n) is 2.36. The minimum absolute atomic E-state index is 0.156. The molecule has 0 spiro atoms. The number of unbranched alkanes of at least 4 members (excludes halogenated alkanes) is 3. The number of hydrogen-bond acceptors (Lipinski definition) is 5. The van der Waals surface area contributed by atoms with Gasteiger partial charge in [0.05, 0.1) is 29.1 Å². The van der Waals surface area contributed by atoms with Crippen molar-refractivity contribution >= 4 is 23.3 Å². The average molecular weight is 370 g/mol. The first-order valence-electron chi connectivity index (χ1n) is 8.76. The number of azo groups is 1. The van der Waals surface area contributed by atoms with Crippen LogP contribution in [0.1, 0.15) is 53.3 Å². The Morgan fingerprint density at radius 1 is 0.852 bits per heavy atom. The Labute approximate surface area is 157 Å². The second-order valence-corrected chi connectivity index (χ2v) is 5.98. The number of carboxylic acid groups (broad SMARTS) is 2. The molecule has 0 aromatic heterocycles. The first-order valence-corrected chi connectivity index (χ1v) is 8.76. The molecular weight excluding hydrogens is 348 g/mol. The van der Waals surface area contributed by atoms with Gasteiger partial charge in [-0.25, -0.2) is 9.59 Å². The summed E-state index contributed by atoms with van der Waals surface area (Å²) in [6, 6.07) is 10.6. The molecule has 7 heteroatoms. The summed E-state index contributed by atoms with van der Waals surface area (Å²) in [6.07, 6.45) is 4.55. The summed E-state index contributed by atoms with van der Waals surface area (Å²) in [4.78, 5) is 22.2. The maximum atomic E-state index is 11.1. The second kappa shape index (κ2) is 10.1. The van der Waals surface area contributed by atoms with Crippen LogP contribution in [0, 0.1) is 0 Å². The van der Waals surface area contributed by atoms with E-state index in [4.69, 9.17) is 14.9 Å². The average Bonchev–Trinajstić information content (AvgIpc) is 2.66. The third kappa shape index (κ3) is 6.54. The molecule has 0 saturated carbocycles. The Bertz CT molecular complexity index is 783. The summed E-state index contributed by atoms with van der Waals surface area (Å²) in [5.41, 5.74) is 0.390. The molecule has 2 rings (SSSR count). The van der Waals surface area contributed by atoms with Crippen molar-refractivity contribution in [3.05, 3.63) is 53.6 Å². The molecule has 0 unspecified atom stereocenters. The highest BCUT2D eigenvalue weighted by Crippen LogP contribution is 2.23. The molecule has 0 amide bonds. The number of rotatable bonds is 10. The summed E-state index contributed by atoms with van der Waals surface area (Å²) in [7, 11) is 0. The van der Waals surface area contributed by atoms with E-state index in [1.807, 2.05) is 0 Å². The van der Waals surface area contributed by atoms with Crippen LogP contribution < -0.4 is 4.74 Å². The number of ether oxygens (including phenoxy) is 1. The molecule has 0 atom stereocenters. The molecule has 0 radical (unpaired) electrons. The topological polar surface area (TPSA) is 109 Å². The lowest BCUT2D eigenvalue weighted by Gasteiger charge is -2.05. The van der Waals surface area contributed by atoms with Gasteiger partial charge in [0.15, 0.2) is 0 Å². The van der Waals surface area contributed by atoms with Gasteiger partial charge < -0.3 is 14.9 Å². The van der Waals surface area contributed by atoms with E-state index in [0.717, 1.165) is 24.7 Å². The van der Waals surface area contributed by atoms with E-state index in [1.54, 1.807) is 24.3 Å². The molecule has 2 N–H and O–H groups in total. The molecule has 0 aliphatic rings. The van der Waals surface area contributed by atoms with Crippen LogP contribution in [0.2, 0.25) is 0 Å². The van der Waals surface area contributed by atoms with E-state index in [2.05, 4.69) is 17.2 Å². The van der Waals surface area contributed by atoms with Crippen LogP contribution in [0.4, 0.5) is 11.4 Å². The van der Waals surface area contributed by atoms with Gasteiger partial charge in [-0.1, -0.05) is 26.2 Å². The maximum Gasteiger partial charge on any atom is 0.335 e. The number of nitrogens with zero attached hydrogens (tertiary/aromatic N) is 2. The van der Waals surface area contributed by atoms with E-state index >= 15 is 0 Å². The van der Waals surface area contributed by atoms with Crippen molar-refractivity contribution in [1.82, 2.24) is 0 Å². The van der Waals surface area contributed by atoms with Crippen molar-refractivity contribution < 1.29 is 24.5 Å². The van der Waals surface area contributed by atoms with Crippen LogP contribution in [0.15, 0.2) is 52.7 Å². The molecule has 7 nitrogen and oxygen atoms in total. The minimum Gasteiger partial charge on any atom is -0.494 e. The molecular formula is C20H22N2O5. The number of benzene rings is 2. The molecule has 2 aromatic rings. The summed E-state index contributed by atoms with van der Waals surface area (Å²) in [5.74, 6) is -1.71. The third-order valence-electron chi connectivity index (χ3n) is 3.80. The van der Waals surface area contributed by atoms with Gasteiger partial charge >= 0.3 is 11.9 Å². The third-order valence-corrected chi connectivity index (χ3v) is 3.80. The van der Waals surface area contributed by atoms with Crippen LogP contribution in [0.25, 0.3) is 0 Å². The summed E-state index contributed by atoms with van der Waals surface area (Å²) < 4.78 is 5.65. The van der Waals surface area contributed by atoms with Gasteiger partial charge in [-0.3, -0.25) is 0 Å². The van der Waals surface area contributed by atoms with Crippen molar-refractivity contribution in [2.75, 3.05) is 6.61 Å². The highest BCUT2D eigenvalue weighted by atomic mass is 16.5. The fraction of sp³-hybridized carbons (Fsp3) is 0.300. The van der Waals surface area contributed by atoms with Gasteiger partial charge in [-0.2, -0.15) is 10.2 Å². The van der Waals surface area contributed by atoms with Crippen LogP contribution in [-0.2, 0) is 0 Å². The molecule has 0 aliphatic carbocycles. The fourth-order valence-corrected chi connectivity index (χ4v) is 2.36. The van der Waals surface area contributed by atoms with Crippen molar-refractivity contribution in [3.8, 4) is 5.75 Å². The van der Waals surface area contributed by atoms with Crippen molar-refractivity contribution in [2.45, 2.75) is 32.6 Å². The first kappa shape index (κ1) is 20.1. The monoisotopic (exact) mass is 370 g/mol. The van der Waals surface area contributed by atoms with Crippen LogP contribution in [0.3, 0.4) is 0 Å². The van der Waals surface area contributed by atoms with Crippen LogP contribution in [-0.4, -0.2) is 28.8 Å². The van der Waals surface area contributed by atoms with Crippen molar-refractivity contribution in [1.29, 1.82) is 0 Å². The van der Waals surface area contributed by atoms with E-state index in [1.165, 1.54) is 25.0 Å². The Kier molecular flexibility index (Phi) is 7.49. The first-order chi connectivity index (χ1) is 13.0. The molecule has 2 aromatic carbocycles. The van der Waals surface area contributed by atoms with E-state index < -0.39 is 11.9 Å². The van der Waals surface area contributed by atoms with Crippen molar-refractivity contribution in [2.24, 2.45) is 10.2 Å². The lowest BCUT2D eigenvalue weighted by atomic mass is 10.1. The van der Waals surface area contributed by atoms with Crippen molar-refractivity contribution in [3.63, 3.8) is 0 Å². The highest BCUT2D eigenvalue weighted by molar-refractivity contribution is 5.95. The van der Waals surface area contributed by atoms with Gasteiger partial charge in [-0.05, 0) is 48.9 Å². The van der Waals surface area contributed by atoms with Gasteiger partial charge in [0.25, 0.3) is 0 Å². The van der Waals surface area contributed by atoms with Crippen LogP contribution >= 0.6 is 0 Å². The SMILES string of the molecule is CCCCCCOc1ccc(N=Nc2cc(C(=O)O)cc(C(=O)O)c2)cc1. The zero-order chi connectivity index (χ0) is 19.6. The number of aromatic carboxylic acids is 2. The summed E-state index contributed by atoms with van der Waals surface area (Å²) >= 11 is 0. The molecule has 0 fully saturated rings. The van der Waals surface area contributed by atoms with Crippen LogP contribution in [0.5, 0.6) is 5.75 Å². The van der Waals surface area contributed by atoms with E-state index in [-0.39, 0.29) is 16.8 Å². The Balaban J connectivity index is 2.03. The van der Waals surface area contributed by atoms with E-state index in [9.17, 15) is 9.59 Å². The molecule has 0 heterocycles. The van der Waals surface area contributed by atoms with Gasteiger partial charge in [0, 0.05) is 0 Å². The molecule has 0 saturated heterocycles. The predicted octanol–water partition coefficient (Wildman–Crippen LogP) is 5.46. The largest absolute Gasteiger partial charge is 0.494 e. The molecule has 0 bridgehead atoms. The zero-order valence-corrected chi connectivity index (χ0v) is 15.1. The lowest BCUT2D eigenvalue weighted by molar-refractivity contribution is 0.0696. The highest BCUT2D eigenvalue weighted by Gasteiger charge is 2.11.